The van der Waals surface area contributed by atoms with Gasteiger partial charge in [0.15, 0.2) is 5.65 Å². The molecule has 160 valence electrons. The fraction of sp³-hybridized carbons (Fsp3) is 0.320. The number of nitrogens with zero attached hydrogens (tertiary/aromatic N) is 3. The summed E-state index contributed by atoms with van der Waals surface area (Å²) in [7, 11) is 0. The molecule has 0 bridgehead atoms. The van der Waals surface area contributed by atoms with Gasteiger partial charge in [-0.3, -0.25) is 0 Å². The summed E-state index contributed by atoms with van der Waals surface area (Å²) in [6.45, 7) is 3.14. The average molecular weight is 417 g/mol. The quantitative estimate of drug-likeness (QED) is 0.301. The number of hydrogen-bond acceptors (Lipinski definition) is 5. The summed E-state index contributed by atoms with van der Waals surface area (Å²) in [6, 6.07) is 17.8. The van der Waals surface area contributed by atoms with Crippen molar-refractivity contribution in [3.05, 3.63) is 65.7 Å². The zero-order valence-electron chi connectivity index (χ0n) is 17.9. The number of ether oxygens (including phenoxy) is 1. The van der Waals surface area contributed by atoms with Crippen LogP contribution in [-0.4, -0.2) is 27.1 Å². The lowest BCUT2D eigenvalue weighted by atomic mass is 10.1. The van der Waals surface area contributed by atoms with Crippen molar-refractivity contribution in [1.82, 2.24) is 14.5 Å². The number of carbonyl (C=O) groups is 1. The first kappa shape index (κ1) is 20.8. The minimum Gasteiger partial charge on any atom is -0.462 e. The second kappa shape index (κ2) is 9.60. The Labute approximate surface area is 182 Å². The molecule has 4 aromatic rings. The standard InChI is InChI=1S/C25H28N4O2/c1-2-3-4-10-17-31-25(30)21-22-24(28-20-14-9-8-13-19(20)27-22)29(23(21)26)16-15-18-11-6-5-7-12-18/h5-9,11-14H,2-4,10,15-17,26H2,1H3. The van der Waals surface area contributed by atoms with Crippen LogP contribution in [0.15, 0.2) is 54.6 Å². The normalized spacial score (nSPS) is 11.3. The first-order chi connectivity index (χ1) is 15.2. The van der Waals surface area contributed by atoms with Crippen LogP contribution in [-0.2, 0) is 17.7 Å². The lowest BCUT2D eigenvalue weighted by Gasteiger charge is -2.08. The molecule has 2 heterocycles. The van der Waals surface area contributed by atoms with E-state index in [4.69, 9.17) is 20.4 Å². The third-order valence-corrected chi connectivity index (χ3v) is 5.49. The van der Waals surface area contributed by atoms with Crippen LogP contribution in [0, 0.1) is 0 Å². The van der Waals surface area contributed by atoms with Gasteiger partial charge < -0.3 is 15.0 Å². The molecule has 0 aliphatic rings. The number of aryl methyl sites for hydroxylation is 2. The van der Waals surface area contributed by atoms with Crippen LogP contribution >= 0.6 is 0 Å². The van der Waals surface area contributed by atoms with Gasteiger partial charge in [-0.15, -0.1) is 0 Å². The Morgan fingerprint density at radius 3 is 2.42 bits per heavy atom. The highest BCUT2D eigenvalue weighted by Gasteiger charge is 2.25. The van der Waals surface area contributed by atoms with E-state index in [2.05, 4.69) is 19.1 Å². The van der Waals surface area contributed by atoms with Crippen molar-refractivity contribution < 1.29 is 9.53 Å². The molecule has 0 aliphatic heterocycles. The summed E-state index contributed by atoms with van der Waals surface area (Å²) in [6.07, 6.45) is 4.94. The molecule has 0 aliphatic carbocycles. The Kier molecular flexibility index (Phi) is 6.46. The van der Waals surface area contributed by atoms with Crippen LogP contribution in [0.1, 0.15) is 48.5 Å². The van der Waals surface area contributed by atoms with Gasteiger partial charge in [-0.1, -0.05) is 68.7 Å². The van der Waals surface area contributed by atoms with Crippen LogP contribution in [0.4, 0.5) is 5.82 Å². The smallest absolute Gasteiger partial charge is 0.344 e. The Morgan fingerprint density at radius 1 is 0.968 bits per heavy atom. The zero-order valence-corrected chi connectivity index (χ0v) is 17.9. The van der Waals surface area contributed by atoms with Crippen LogP contribution in [0.2, 0.25) is 0 Å². The van der Waals surface area contributed by atoms with E-state index in [1.165, 1.54) is 5.56 Å². The number of hydrogen-bond donors (Lipinski definition) is 1. The zero-order chi connectivity index (χ0) is 21.6. The molecule has 0 atom stereocenters. The van der Waals surface area contributed by atoms with Gasteiger partial charge in [0.25, 0.3) is 0 Å². The molecule has 0 fully saturated rings. The molecule has 0 radical (unpaired) electrons. The minimum absolute atomic E-state index is 0.316. The molecule has 2 aromatic carbocycles. The molecule has 0 unspecified atom stereocenters. The van der Waals surface area contributed by atoms with Crippen LogP contribution < -0.4 is 5.73 Å². The third kappa shape index (κ3) is 4.53. The highest BCUT2D eigenvalue weighted by atomic mass is 16.5. The molecular formula is C25H28N4O2. The lowest BCUT2D eigenvalue weighted by molar-refractivity contribution is 0.0501. The van der Waals surface area contributed by atoms with Gasteiger partial charge in [-0.25, -0.2) is 14.8 Å². The summed E-state index contributed by atoms with van der Waals surface area (Å²) in [4.78, 5) is 22.5. The number of para-hydroxylation sites is 2. The molecule has 4 rings (SSSR count). The number of rotatable bonds is 9. The molecule has 6 heteroatoms. The number of nitrogen functional groups attached to an aromatic ring is 1. The molecular weight excluding hydrogens is 388 g/mol. The minimum atomic E-state index is -0.429. The average Bonchev–Trinajstić information content (AvgIpc) is 3.06. The monoisotopic (exact) mass is 416 g/mol. The first-order valence-corrected chi connectivity index (χ1v) is 10.9. The van der Waals surface area contributed by atoms with E-state index in [0.29, 0.717) is 35.7 Å². The predicted octanol–water partition coefficient (Wildman–Crippen LogP) is 5.15. The van der Waals surface area contributed by atoms with E-state index in [9.17, 15) is 4.79 Å². The molecule has 0 saturated carbocycles. The number of aromatic nitrogens is 3. The van der Waals surface area contributed by atoms with Gasteiger partial charge >= 0.3 is 5.97 Å². The lowest BCUT2D eigenvalue weighted by Crippen LogP contribution is -2.11. The largest absolute Gasteiger partial charge is 0.462 e. The maximum Gasteiger partial charge on any atom is 0.344 e. The maximum atomic E-state index is 13.0. The van der Waals surface area contributed by atoms with E-state index in [0.717, 1.165) is 43.1 Å². The van der Waals surface area contributed by atoms with Gasteiger partial charge in [0.1, 0.15) is 16.9 Å². The van der Waals surface area contributed by atoms with Crippen LogP contribution in [0.3, 0.4) is 0 Å². The van der Waals surface area contributed by atoms with E-state index in [1.54, 1.807) is 0 Å². The van der Waals surface area contributed by atoms with Crippen molar-refractivity contribution in [2.24, 2.45) is 0 Å². The number of carbonyl (C=O) groups excluding carboxylic acids is 1. The maximum absolute atomic E-state index is 13.0. The number of benzene rings is 2. The number of fused-ring (bicyclic) bond motifs is 2. The summed E-state index contributed by atoms with van der Waals surface area (Å²) >= 11 is 0. The van der Waals surface area contributed by atoms with Crippen molar-refractivity contribution in [1.29, 1.82) is 0 Å². The van der Waals surface area contributed by atoms with Crippen molar-refractivity contribution in [3.8, 4) is 0 Å². The second-order valence-corrected chi connectivity index (χ2v) is 7.73. The molecule has 0 saturated heterocycles. The second-order valence-electron chi connectivity index (χ2n) is 7.73. The highest BCUT2D eigenvalue weighted by molar-refractivity contribution is 6.08. The molecule has 2 aromatic heterocycles. The molecule has 2 N–H and O–H groups in total. The van der Waals surface area contributed by atoms with Crippen molar-refractivity contribution in [3.63, 3.8) is 0 Å². The highest BCUT2D eigenvalue weighted by Crippen LogP contribution is 2.29. The topological polar surface area (TPSA) is 83.0 Å². The van der Waals surface area contributed by atoms with Crippen molar-refractivity contribution in [2.45, 2.75) is 45.6 Å². The fourth-order valence-electron chi connectivity index (χ4n) is 3.80. The van der Waals surface area contributed by atoms with Gasteiger partial charge in [0, 0.05) is 6.54 Å². The molecule has 0 amide bonds. The third-order valence-electron chi connectivity index (χ3n) is 5.49. The number of nitrogens with two attached hydrogens (primary N) is 1. The summed E-state index contributed by atoms with van der Waals surface area (Å²) in [5.41, 5.74) is 10.6. The summed E-state index contributed by atoms with van der Waals surface area (Å²) in [5, 5.41) is 0. The Hall–Kier alpha value is -3.41. The Morgan fingerprint density at radius 2 is 1.68 bits per heavy atom. The number of unbranched alkanes of at least 4 members (excludes halogenated alkanes) is 3. The van der Waals surface area contributed by atoms with Crippen LogP contribution in [0.5, 0.6) is 0 Å². The van der Waals surface area contributed by atoms with Crippen LogP contribution in [0.25, 0.3) is 22.2 Å². The predicted molar refractivity (Wildman–Crippen MR) is 124 cm³/mol. The number of anilines is 1. The Bertz CT molecular complexity index is 1180. The van der Waals surface area contributed by atoms with Gasteiger partial charge in [0.2, 0.25) is 0 Å². The number of esters is 1. The fourth-order valence-corrected chi connectivity index (χ4v) is 3.80. The first-order valence-electron chi connectivity index (χ1n) is 10.9. The SMILES string of the molecule is CCCCCCOC(=O)c1c(N)n(CCc2ccccc2)c2nc3ccccc3nc12. The summed E-state index contributed by atoms with van der Waals surface area (Å²) in [5.74, 6) is -0.0677. The Balaban J connectivity index is 1.69. The van der Waals surface area contributed by atoms with E-state index in [1.807, 2.05) is 47.0 Å². The van der Waals surface area contributed by atoms with Gasteiger partial charge in [-0.2, -0.15) is 0 Å². The van der Waals surface area contributed by atoms with Gasteiger partial charge in [-0.05, 0) is 30.5 Å². The van der Waals surface area contributed by atoms with E-state index >= 15 is 0 Å². The van der Waals surface area contributed by atoms with Crippen molar-refractivity contribution >= 4 is 34.0 Å². The van der Waals surface area contributed by atoms with E-state index in [-0.39, 0.29) is 0 Å². The summed E-state index contributed by atoms with van der Waals surface area (Å²) < 4.78 is 7.44. The molecule has 31 heavy (non-hydrogen) atoms. The molecule has 0 spiro atoms. The van der Waals surface area contributed by atoms with E-state index < -0.39 is 5.97 Å². The molecule has 6 nitrogen and oxygen atoms in total. The van der Waals surface area contributed by atoms with Crippen molar-refractivity contribution in [2.75, 3.05) is 12.3 Å². The van der Waals surface area contributed by atoms with Gasteiger partial charge in [0.05, 0.1) is 17.6 Å².